The smallest absolute Gasteiger partial charge is 0.330 e. The molecule has 0 aliphatic carbocycles. The van der Waals surface area contributed by atoms with Gasteiger partial charge in [0.1, 0.15) is 0 Å². The summed E-state index contributed by atoms with van der Waals surface area (Å²) in [7, 11) is 0. The zero-order valence-electron chi connectivity index (χ0n) is 7.62. The van der Waals surface area contributed by atoms with E-state index in [2.05, 4.69) is 11.3 Å². The summed E-state index contributed by atoms with van der Waals surface area (Å²) in [6.45, 7) is 5.49. The molecule has 0 radical (unpaired) electrons. The van der Waals surface area contributed by atoms with Crippen molar-refractivity contribution in [3.63, 3.8) is 0 Å². The highest BCUT2D eigenvalue weighted by Crippen LogP contribution is 1.94. The van der Waals surface area contributed by atoms with Gasteiger partial charge in [-0.1, -0.05) is 6.58 Å². The number of hydrogen-bond donors (Lipinski definition) is 2. The first-order chi connectivity index (χ1) is 6.11. The fraction of sp³-hybridized carbons (Fsp3) is 0.222. The summed E-state index contributed by atoms with van der Waals surface area (Å²) in [5, 5.41) is 0. The Bertz CT molecular complexity index is 254. The van der Waals surface area contributed by atoms with Crippen LogP contribution in [0.2, 0.25) is 0 Å². The molecule has 0 rings (SSSR count). The lowest BCUT2D eigenvalue weighted by Gasteiger charge is -1.97. The van der Waals surface area contributed by atoms with Gasteiger partial charge in [0.15, 0.2) is 0 Å². The largest absolute Gasteiger partial charge is 0.463 e. The van der Waals surface area contributed by atoms with Crippen molar-refractivity contribution in [2.24, 2.45) is 11.5 Å². The van der Waals surface area contributed by atoms with E-state index >= 15 is 0 Å². The van der Waals surface area contributed by atoms with E-state index in [0.717, 1.165) is 0 Å². The maximum atomic E-state index is 10.8. The molecule has 0 amide bonds. The van der Waals surface area contributed by atoms with E-state index in [1.54, 1.807) is 6.92 Å². The molecule has 0 saturated heterocycles. The van der Waals surface area contributed by atoms with Gasteiger partial charge in [0.2, 0.25) is 0 Å². The number of esters is 1. The summed E-state index contributed by atoms with van der Waals surface area (Å²) in [6, 6.07) is 0. The molecule has 0 aromatic carbocycles. The predicted octanol–water partition coefficient (Wildman–Crippen LogP) is 0.421. The normalized spacial score (nSPS) is 12.4. The van der Waals surface area contributed by atoms with Crippen molar-refractivity contribution in [2.45, 2.75) is 6.92 Å². The SMILES string of the molecule is C=C/C(N)=C(N)\C=C\C(=O)OCC. The number of rotatable bonds is 4. The van der Waals surface area contributed by atoms with Crippen LogP contribution in [0.5, 0.6) is 0 Å². The molecular formula is C9H14N2O2. The molecule has 4 N–H and O–H groups in total. The third-order valence-corrected chi connectivity index (χ3v) is 1.24. The van der Waals surface area contributed by atoms with Crippen molar-refractivity contribution in [1.82, 2.24) is 0 Å². The summed E-state index contributed by atoms with van der Waals surface area (Å²) >= 11 is 0. The summed E-state index contributed by atoms with van der Waals surface area (Å²) in [6.07, 6.45) is 4.01. The van der Waals surface area contributed by atoms with Crippen molar-refractivity contribution in [3.8, 4) is 0 Å². The Kier molecular flexibility index (Phi) is 5.11. The minimum Gasteiger partial charge on any atom is -0.463 e. The van der Waals surface area contributed by atoms with Gasteiger partial charge in [0.05, 0.1) is 18.0 Å². The van der Waals surface area contributed by atoms with Gasteiger partial charge in [-0.3, -0.25) is 0 Å². The zero-order valence-corrected chi connectivity index (χ0v) is 7.62. The molecule has 4 heteroatoms. The minimum atomic E-state index is -0.442. The Hall–Kier alpha value is -1.71. The highest BCUT2D eigenvalue weighted by molar-refractivity contribution is 5.82. The first kappa shape index (κ1) is 11.3. The van der Waals surface area contributed by atoms with Crippen LogP contribution < -0.4 is 11.5 Å². The fourth-order valence-corrected chi connectivity index (χ4v) is 0.562. The molecule has 0 unspecified atom stereocenters. The maximum absolute atomic E-state index is 10.8. The number of hydrogen-bond acceptors (Lipinski definition) is 4. The van der Waals surface area contributed by atoms with Crippen LogP contribution in [0.25, 0.3) is 0 Å². The molecule has 0 aromatic heterocycles. The van der Waals surface area contributed by atoms with Crippen LogP contribution in [0.1, 0.15) is 6.92 Å². The average Bonchev–Trinajstić information content (AvgIpc) is 2.13. The van der Waals surface area contributed by atoms with Crippen molar-refractivity contribution in [2.75, 3.05) is 6.61 Å². The van der Waals surface area contributed by atoms with Crippen LogP contribution in [0, 0.1) is 0 Å². The Morgan fingerprint density at radius 2 is 2.00 bits per heavy atom. The Morgan fingerprint density at radius 1 is 1.38 bits per heavy atom. The molecule has 0 fully saturated rings. The first-order valence-electron chi connectivity index (χ1n) is 3.84. The minimum absolute atomic E-state index is 0.294. The topological polar surface area (TPSA) is 78.3 Å². The molecule has 0 bridgehead atoms. The van der Waals surface area contributed by atoms with E-state index in [1.165, 1.54) is 18.2 Å². The standard InChI is InChI=1S/C9H14N2O2/c1-3-7(10)8(11)5-6-9(12)13-4-2/h3,5-6H,1,4,10-11H2,2H3/b6-5+,8-7-. The van der Waals surface area contributed by atoms with Crippen LogP contribution in [0.3, 0.4) is 0 Å². The Morgan fingerprint density at radius 3 is 2.46 bits per heavy atom. The molecular weight excluding hydrogens is 168 g/mol. The fourth-order valence-electron chi connectivity index (χ4n) is 0.562. The molecule has 0 heterocycles. The molecule has 0 atom stereocenters. The van der Waals surface area contributed by atoms with Crippen LogP contribution >= 0.6 is 0 Å². The summed E-state index contributed by atoms with van der Waals surface area (Å²) in [5.41, 5.74) is 11.5. The molecule has 0 spiro atoms. The molecule has 0 aliphatic rings. The number of ether oxygens (including phenoxy) is 1. The molecule has 13 heavy (non-hydrogen) atoms. The van der Waals surface area contributed by atoms with Gasteiger partial charge >= 0.3 is 5.97 Å². The van der Waals surface area contributed by atoms with Gasteiger partial charge in [0.25, 0.3) is 0 Å². The van der Waals surface area contributed by atoms with Gasteiger partial charge in [-0.05, 0) is 19.1 Å². The van der Waals surface area contributed by atoms with E-state index in [0.29, 0.717) is 18.0 Å². The van der Waals surface area contributed by atoms with E-state index in [4.69, 9.17) is 11.5 Å². The highest BCUT2D eigenvalue weighted by Gasteiger charge is 1.94. The molecule has 4 nitrogen and oxygen atoms in total. The molecule has 0 aliphatic heterocycles. The first-order valence-corrected chi connectivity index (χ1v) is 3.84. The second-order valence-corrected chi connectivity index (χ2v) is 2.20. The lowest BCUT2D eigenvalue weighted by atomic mass is 10.3. The average molecular weight is 182 g/mol. The van der Waals surface area contributed by atoms with Crippen molar-refractivity contribution >= 4 is 5.97 Å². The van der Waals surface area contributed by atoms with Gasteiger partial charge < -0.3 is 16.2 Å². The van der Waals surface area contributed by atoms with Crippen molar-refractivity contribution in [1.29, 1.82) is 0 Å². The van der Waals surface area contributed by atoms with E-state index in [9.17, 15) is 4.79 Å². The van der Waals surface area contributed by atoms with E-state index < -0.39 is 5.97 Å². The van der Waals surface area contributed by atoms with Crippen molar-refractivity contribution < 1.29 is 9.53 Å². The monoisotopic (exact) mass is 182 g/mol. The Balaban J connectivity index is 4.27. The number of nitrogens with two attached hydrogens (primary N) is 2. The number of carbonyl (C=O) groups is 1. The number of carbonyl (C=O) groups excluding carboxylic acids is 1. The third kappa shape index (κ3) is 4.68. The maximum Gasteiger partial charge on any atom is 0.330 e. The lowest BCUT2D eigenvalue weighted by molar-refractivity contribution is -0.137. The van der Waals surface area contributed by atoms with Crippen LogP contribution in [-0.2, 0) is 9.53 Å². The van der Waals surface area contributed by atoms with Crippen LogP contribution in [0.15, 0.2) is 36.2 Å². The van der Waals surface area contributed by atoms with Gasteiger partial charge in [-0.25, -0.2) is 4.79 Å². The molecule has 0 aromatic rings. The highest BCUT2D eigenvalue weighted by atomic mass is 16.5. The second-order valence-electron chi connectivity index (χ2n) is 2.20. The predicted molar refractivity (Wildman–Crippen MR) is 51.4 cm³/mol. The lowest BCUT2D eigenvalue weighted by Crippen LogP contribution is -2.06. The van der Waals surface area contributed by atoms with Gasteiger partial charge in [-0.2, -0.15) is 0 Å². The third-order valence-electron chi connectivity index (χ3n) is 1.24. The molecule has 72 valence electrons. The van der Waals surface area contributed by atoms with Crippen molar-refractivity contribution in [3.05, 3.63) is 36.2 Å². The van der Waals surface area contributed by atoms with E-state index in [1.807, 2.05) is 0 Å². The molecule has 0 saturated carbocycles. The summed E-state index contributed by atoms with van der Waals surface area (Å²) in [5.74, 6) is -0.442. The summed E-state index contributed by atoms with van der Waals surface area (Å²) < 4.78 is 4.64. The van der Waals surface area contributed by atoms with Crippen LogP contribution in [-0.4, -0.2) is 12.6 Å². The van der Waals surface area contributed by atoms with Gasteiger partial charge in [-0.15, -0.1) is 0 Å². The number of allylic oxidation sites excluding steroid dienone is 2. The Labute approximate surface area is 77.5 Å². The zero-order chi connectivity index (χ0) is 10.3. The van der Waals surface area contributed by atoms with E-state index in [-0.39, 0.29) is 0 Å². The second kappa shape index (κ2) is 5.88. The van der Waals surface area contributed by atoms with Gasteiger partial charge in [0, 0.05) is 6.08 Å². The quantitative estimate of drug-likeness (QED) is 0.375. The summed E-state index contributed by atoms with van der Waals surface area (Å²) in [4.78, 5) is 10.8. The van der Waals surface area contributed by atoms with Crippen LogP contribution in [0.4, 0.5) is 0 Å².